The molecule has 0 unspecified atom stereocenters. The molecule has 1 atom stereocenters. The number of para-hydroxylation sites is 2. The highest BCUT2D eigenvalue weighted by atomic mass is 35.5. The molecule has 0 radical (unpaired) electrons. The summed E-state index contributed by atoms with van der Waals surface area (Å²) in [6.07, 6.45) is 1.25. The molecule has 7 heteroatoms. The van der Waals surface area contributed by atoms with Crippen molar-refractivity contribution < 1.29 is 14.6 Å². The average Bonchev–Trinajstić information content (AvgIpc) is 3.58. The number of hydrogen-bond donors (Lipinski definition) is 1. The Kier molecular flexibility index (Phi) is 6.59. The number of ether oxygens (including phenoxy) is 1. The molecule has 1 saturated carbocycles. The first-order valence-electron chi connectivity index (χ1n) is 12.7. The van der Waals surface area contributed by atoms with E-state index in [1.807, 2.05) is 77.1 Å². The van der Waals surface area contributed by atoms with Gasteiger partial charge in [0.15, 0.2) is 11.9 Å². The molecule has 0 aliphatic heterocycles. The first-order valence-corrected chi connectivity index (χ1v) is 13.0. The number of aliphatic carboxylic acids is 1. The number of aryl methyl sites for hydroxylation is 1. The summed E-state index contributed by atoms with van der Waals surface area (Å²) in [4.78, 5) is 22.6. The Morgan fingerprint density at radius 2 is 1.78 bits per heavy atom. The number of pyridine rings is 1. The van der Waals surface area contributed by atoms with Crippen molar-refractivity contribution in [2.45, 2.75) is 65.7 Å². The van der Waals surface area contributed by atoms with Gasteiger partial charge < -0.3 is 14.4 Å². The maximum absolute atomic E-state index is 12.5. The zero-order valence-electron chi connectivity index (χ0n) is 21.9. The van der Waals surface area contributed by atoms with Crippen molar-refractivity contribution >= 4 is 28.6 Å². The maximum atomic E-state index is 12.5. The lowest BCUT2D eigenvalue weighted by molar-refractivity contribution is -0.160. The van der Waals surface area contributed by atoms with Crippen LogP contribution in [0.5, 0.6) is 0 Å². The first kappa shape index (κ1) is 25.4. The molecule has 5 rings (SSSR count). The van der Waals surface area contributed by atoms with Crippen LogP contribution in [0.25, 0.3) is 33.7 Å². The largest absolute Gasteiger partial charge is 0.479 e. The third-order valence-electron chi connectivity index (χ3n) is 6.76. The highest BCUT2D eigenvalue weighted by molar-refractivity contribution is 6.30. The van der Waals surface area contributed by atoms with Gasteiger partial charge in [-0.05, 0) is 94.3 Å². The molecular weight excluding hydrogens is 486 g/mol. The number of carboxylic acid groups (broad SMARTS) is 1. The van der Waals surface area contributed by atoms with E-state index >= 15 is 0 Å². The Bertz CT molecular complexity index is 1480. The van der Waals surface area contributed by atoms with Crippen molar-refractivity contribution in [1.29, 1.82) is 0 Å². The van der Waals surface area contributed by atoms with Gasteiger partial charge in [-0.1, -0.05) is 35.9 Å². The van der Waals surface area contributed by atoms with E-state index in [1.165, 1.54) is 12.8 Å². The molecule has 0 bridgehead atoms. The number of fused-ring (bicyclic) bond motifs is 1. The summed E-state index contributed by atoms with van der Waals surface area (Å²) in [5.41, 5.74) is 5.76. The predicted octanol–water partition coefficient (Wildman–Crippen LogP) is 7.39. The van der Waals surface area contributed by atoms with Crippen molar-refractivity contribution in [2.75, 3.05) is 0 Å². The molecule has 0 amide bonds. The smallest absolute Gasteiger partial charge is 0.337 e. The normalized spacial score (nSPS) is 14.8. The number of aromatic nitrogens is 3. The van der Waals surface area contributed by atoms with Crippen molar-refractivity contribution in [2.24, 2.45) is 5.92 Å². The summed E-state index contributed by atoms with van der Waals surface area (Å²) in [6.45, 7) is 10.3. The molecule has 0 spiro atoms. The lowest BCUT2D eigenvalue weighted by Gasteiger charge is -2.28. The Labute approximate surface area is 222 Å². The Morgan fingerprint density at radius 3 is 2.41 bits per heavy atom. The highest BCUT2D eigenvalue weighted by Crippen LogP contribution is 2.42. The number of rotatable bonds is 7. The summed E-state index contributed by atoms with van der Waals surface area (Å²) in [7, 11) is 0. The van der Waals surface area contributed by atoms with Crippen LogP contribution in [0.1, 0.15) is 56.5 Å². The summed E-state index contributed by atoms with van der Waals surface area (Å²) < 4.78 is 8.37. The van der Waals surface area contributed by atoms with Gasteiger partial charge in [0.25, 0.3) is 0 Å². The van der Waals surface area contributed by atoms with Gasteiger partial charge in [-0.25, -0.2) is 14.8 Å². The topological polar surface area (TPSA) is 77.2 Å². The minimum atomic E-state index is -1.18. The first-order chi connectivity index (χ1) is 17.5. The Hall–Kier alpha value is -3.22. The van der Waals surface area contributed by atoms with E-state index < -0.39 is 17.7 Å². The van der Waals surface area contributed by atoms with Crippen LogP contribution in [0.4, 0.5) is 0 Å². The van der Waals surface area contributed by atoms with Gasteiger partial charge in [0.2, 0.25) is 0 Å². The SMILES string of the molecule is Cc1nc(-c2nc3ccccc3n2CC2CC2)c(C)c(-c2ccc(Cl)cc2)c1[C@H](OC(C)(C)C)C(=O)O. The molecule has 2 heterocycles. The number of hydrogen-bond acceptors (Lipinski definition) is 4. The molecule has 0 saturated heterocycles. The third kappa shape index (κ3) is 5.13. The van der Waals surface area contributed by atoms with Gasteiger partial charge in [0.1, 0.15) is 5.69 Å². The lowest BCUT2D eigenvalue weighted by Crippen LogP contribution is -2.28. The van der Waals surface area contributed by atoms with Crippen molar-refractivity contribution in [3.05, 3.63) is 70.4 Å². The molecular formula is C30H32ClN3O3. The van der Waals surface area contributed by atoms with E-state index in [9.17, 15) is 9.90 Å². The molecule has 2 aromatic heterocycles. The molecule has 1 N–H and O–H groups in total. The zero-order valence-corrected chi connectivity index (χ0v) is 22.6. The quantitative estimate of drug-likeness (QED) is 0.276. The fourth-order valence-electron chi connectivity index (χ4n) is 4.93. The lowest BCUT2D eigenvalue weighted by atomic mass is 9.89. The molecule has 6 nitrogen and oxygen atoms in total. The molecule has 2 aromatic carbocycles. The van der Waals surface area contributed by atoms with Gasteiger partial charge in [-0.15, -0.1) is 0 Å². The minimum absolute atomic E-state index is 0.552. The second-order valence-electron chi connectivity index (χ2n) is 10.9. The van der Waals surface area contributed by atoms with Gasteiger partial charge in [0, 0.05) is 22.8 Å². The van der Waals surface area contributed by atoms with Gasteiger partial charge >= 0.3 is 5.97 Å². The van der Waals surface area contributed by atoms with Gasteiger partial charge in [0.05, 0.1) is 16.6 Å². The second kappa shape index (κ2) is 9.58. The summed E-state index contributed by atoms with van der Waals surface area (Å²) >= 11 is 6.21. The molecule has 37 heavy (non-hydrogen) atoms. The van der Waals surface area contributed by atoms with E-state index in [0.717, 1.165) is 45.8 Å². The van der Waals surface area contributed by atoms with Crippen LogP contribution in [0.3, 0.4) is 0 Å². The number of imidazole rings is 1. The van der Waals surface area contributed by atoms with E-state index in [4.69, 9.17) is 26.3 Å². The van der Waals surface area contributed by atoms with Crippen LogP contribution in [0.15, 0.2) is 48.5 Å². The van der Waals surface area contributed by atoms with Crippen molar-refractivity contribution in [1.82, 2.24) is 14.5 Å². The monoisotopic (exact) mass is 517 g/mol. The van der Waals surface area contributed by atoms with Crippen LogP contribution < -0.4 is 0 Å². The number of nitrogens with zero attached hydrogens (tertiary/aromatic N) is 3. The number of halogens is 1. The third-order valence-corrected chi connectivity index (χ3v) is 7.02. The van der Waals surface area contributed by atoms with Crippen LogP contribution in [0, 0.1) is 19.8 Å². The Morgan fingerprint density at radius 1 is 1.11 bits per heavy atom. The van der Waals surface area contributed by atoms with Crippen molar-refractivity contribution in [3.8, 4) is 22.6 Å². The fraction of sp³-hybridized carbons (Fsp3) is 0.367. The second-order valence-corrected chi connectivity index (χ2v) is 11.3. The Balaban J connectivity index is 1.79. The number of carbonyl (C=O) groups is 1. The van der Waals surface area contributed by atoms with Crippen LogP contribution in [0.2, 0.25) is 5.02 Å². The van der Waals surface area contributed by atoms with Crippen molar-refractivity contribution in [3.63, 3.8) is 0 Å². The van der Waals surface area contributed by atoms with E-state index in [0.29, 0.717) is 22.2 Å². The fourth-order valence-corrected chi connectivity index (χ4v) is 5.05. The van der Waals surface area contributed by atoms with Crippen LogP contribution >= 0.6 is 11.6 Å². The number of benzene rings is 2. The van der Waals surface area contributed by atoms with Gasteiger partial charge in [-0.2, -0.15) is 0 Å². The van der Waals surface area contributed by atoms with Crippen LogP contribution in [-0.4, -0.2) is 31.2 Å². The standard InChI is InChI=1S/C30H32ClN3O3/c1-17-24(20-12-14-21(31)15-13-20)25(27(29(35)36)37-30(3,4)5)18(2)32-26(17)28-33-22-8-6-7-9-23(22)34(28)16-19-10-11-19/h6-9,12-15,19,27H,10-11,16H2,1-5H3,(H,35,36)/t27-/m0/s1. The minimum Gasteiger partial charge on any atom is -0.479 e. The molecule has 1 aliphatic rings. The van der Waals surface area contributed by atoms with Crippen LogP contribution in [-0.2, 0) is 16.1 Å². The summed E-state index contributed by atoms with van der Waals surface area (Å²) in [6, 6.07) is 15.6. The van der Waals surface area contributed by atoms with E-state index in [1.54, 1.807) is 0 Å². The molecule has 1 aliphatic carbocycles. The van der Waals surface area contributed by atoms with Gasteiger partial charge in [-0.3, -0.25) is 0 Å². The summed E-state index contributed by atoms with van der Waals surface area (Å²) in [5, 5.41) is 10.9. The number of carboxylic acids is 1. The molecule has 192 valence electrons. The zero-order chi connectivity index (χ0) is 26.5. The molecule has 1 fully saturated rings. The highest BCUT2D eigenvalue weighted by Gasteiger charge is 2.34. The maximum Gasteiger partial charge on any atom is 0.337 e. The predicted molar refractivity (Wildman–Crippen MR) is 147 cm³/mol. The summed E-state index contributed by atoms with van der Waals surface area (Å²) in [5.74, 6) is 0.395. The average molecular weight is 518 g/mol. The molecule has 4 aromatic rings. The van der Waals surface area contributed by atoms with E-state index in [2.05, 4.69) is 10.6 Å². The van der Waals surface area contributed by atoms with E-state index in [-0.39, 0.29) is 0 Å².